The van der Waals surface area contributed by atoms with E-state index in [-0.39, 0.29) is 17.1 Å². The van der Waals surface area contributed by atoms with E-state index in [4.69, 9.17) is 4.43 Å². The van der Waals surface area contributed by atoms with Crippen molar-refractivity contribution in [3.05, 3.63) is 24.0 Å². The minimum absolute atomic E-state index is 0.0630. The van der Waals surface area contributed by atoms with Gasteiger partial charge in [-0.15, -0.1) is 0 Å². The lowest BCUT2D eigenvalue weighted by Crippen LogP contribution is -2.46. The van der Waals surface area contributed by atoms with E-state index in [2.05, 4.69) is 73.8 Å². The second kappa shape index (κ2) is 7.42. The Morgan fingerprint density at radius 1 is 1.04 bits per heavy atom. The van der Waals surface area contributed by atoms with Crippen LogP contribution < -0.4 is 0 Å². The van der Waals surface area contributed by atoms with Gasteiger partial charge < -0.3 is 4.43 Å². The van der Waals surface area contributed by atoms with Crippen LogP contribution in [0, 0.1) is 29.4 Å². The lowest BCUT2D eigenvalue weighted by atomic mass is 9.87. The summed E-state index contributed by atoms with van der Waals surface area (Å²) in [5, 5.41) is 0. The van der Waals surface area contributed by atoms with Crippen LogP contribution in [-0.2, 0) is 9.22 Å². The summed E-state index contributed by atoms with van der Waals surface area (Å²) in [5.41, 5.74) is 3.13. The molecular weight excluding hydrogens is 324 g/mol. The Hall–Kier alpha value is -0.833. The van der Waals surface area contributed by atoms with E-state index in [1.807, 2.05) is 0 Å². The van der Waals surface area contributed by atoms with E-state index in [1.54, 1.807) is 0 Å². The quantitative estimate of drug-likeness (QED) is 0.428. The molecule has 2 aliphatic carbocycles. The Kier molecular flexibility index (Phi) is 6.08. The molecule has 2 atom stereocenters. The summed E-state index contributed by atoms with van der Waals surface area (Å²) in [6.07, 6.45) is 10.7. The molecule has 0 saturated heterocycles. The fraction of sp³-hybridized carbons (Fsp3) is 0.773. The normalized spacial score (nSPS) is 28.1. The first-order chi connectivity index (χ1) is 11.5. The maximum absolute atomic E-state index is 12.4. The second-order valence-electron chi connectivity index (χ2n) is 9.76. The Balaban J connectivity index is 2.35. The molecule has 0 aromatic carbocycles. The Morgan fingerprint density at radius 2 is 1.56 bits per heavy atom. The molecule has 1 saturated carbocycles. The first-order valence-corrected chi connectivity index (χ1v) is 12.0. The van der Waals surface area contributed by atoms with Crippen LogP contribution in [0.5, 0.6) is 0 Å². The molecule has 0 aromatic heterocycles. The molecule has 0 unspecified atom stereocenters. The summed E-state index contributed by atoms with van der Waals surface area (Å²) in [6, 6.07) is 0. The van der Waals surface area contributed by atoms with Gasteiger partial charge in [0.1, 0.15) is 0 Å². The van der Waals surface area contributed by atoms with Gasteiger partial charge in [0.2, 0.25) is 0 Å². The predicted octanol–water partition coefficient (Wildman–Crippen LogP) is 6.25. The third kappa shape index (κ3) is 3.96. The van der Waals surface area contributed by atoms with Crippen molar-refractivity contribution in [2.75, 3.05) is 0 Å². The Bertz CT molecular complexity index is 533. The molecule has 25 heavy (non-hydrogen) atoms. The maximum Gasteiger partial charge on any atom is 0.257 e. The van der Waals surface area contributed by atoms with E-state index in [0.29, 0.717) is 29.0 Å². The molecule has 0 heterocycles. The van der Waals surface area contributed by atoms with Crippen LogP contribution in [-0.4, -0.2) is 14.1 Å². The number of hydrogen-bond donors (Lipinski definition) is 0. The van der Waals surface area contributed by atoms with Gasteiger partial charge in [0.05, 0.1) is 6.26 Å². The van der Waals surface area contributed by atoms with E-state index in [9.17, 15) is 4.79 Å². The van der Waals surface area contributed by atoms with E-state index >= 15 is 0 Å². The van der Waals surface area contributed by atoms with Crippen molar-refractivity contribution in [3.63, 3.8) is 0 Å². The predicted molar refractivity (Wildman–Crippen MR) is 106 cm³/mol. The highest BCUT2D eigenvalue weighted by Gasteiger charge is 2.48. The first-order valence-electron chi connectivity index (χ1n) is 9.90. The van der Waals surface area contributed by atoms with Crippen LogP contribution >= 0.6 is 0 Å². The highest BCUT2D eigenvalue weighted by atomic mass is 28.4. The summed E-state index contributed by atoms with van der Waals surface area (Å²) in [4.78, 5) is 12.4. The summed E-state index contributed by atoms with van der Waals surface area (Å²) in [5.74, 6) is 0.496. The third-order valence-electron chi connectivity index (χ3n) is 6.47. The molecule has 0 spiro atoms. The SMILES string of the molecule is CC(C)[Si](O/C=C1\C[C]=[C]C(=O)[C@H]2CC(C)(C)C[C@@H]12)(C(C)C)C(C)C. The van der Waals surface area contributed by atoms with Crippen LogP contribution in [0.25, 0.3) is 0 Å². The van der Waals surface area contributed by atoms with Crippen molar-refractivity contribution in [3.8, 4) is 0 Å². The number of Topliss-reactive ketones (excluding diaryl/α,β-unsaturated/α-hetero) is 1. The molecule has 0 N–H and O–H groups in total. The number of ketones is 1. The lowest BCUT2D eigenvalue weighted by molar-refractivity contribution is -0.119. The van der Waals surface area contributed by atoms with Crippen molar-refractivity contribution >= 4 is 14.1 Å². The van der Waals surface area contributed by atoms with Crippen molar-refractivity contribution < 1.29 is 9.22 Å². The zero-order valence-electron chi connectivity index (χ0n) is 17.4. The number of allylic oxidation sites excluding steroid dienone is 3. The molecule has 0 bridgehead atoms. The highest BCUT2D eigenvalue weighted by molar-refractivity contribution is 6.77. The molecule has 2 aliphatic rings. The fourth-order valence-corrected chi connectivity index (χ4v) is 10.6. The van der Waals surface area contributed by atoms with Crippen molar-refractivity contribution in [2.24, 2.45) is 17.3 Å². The van der Waals surface area contributed by atoms with Gasteiger partial charge in [-0.25, -0.2) is 0 Å². The largest absolute Gasteiger partial charge is 0.548 e. The standard InChI is InChI=1S/C22H36O2Si/c1-15(2)25(16(3)4,17(5)6)24-14-18-10-9-11-21(23)20-13-22(7,8)12-19(18)20/h14-17,19-20H,10,12-13H2,1-8H3/b18-14+/t19-,20-/m0/s1. The van der Waals surface area contributed by atoms with Gasteiger partial charge in [-0.05, 0) is 58.9 Å². The fourth-order valence-electron chi connectivity index (χ4n) is 5.40. The number of carbonyl (C=O) groups excluding carboxylic acids is 1. The van der Waals surface area contributed by atoms with E-state index < -0.39 is 8.32 Å². The van der Waals surface area contributed by atoms with E-state index in [1.165, 1.54) is 5.57 Å². The molecule has 140 valence electrons. The van der Waals surface area contributed by atoms with Gasteiger partial charge in [0, 0.05) is 12.0 Å². The van der Waals surface area contributed by atoms with Gasteiger partial charge in [0.25, 0.3) is 8.32 Å². The third-order valence-corrected chi connectivity index (χ3v) is 12.4. The number of rotatable bonds is 5. The molecule has 2 rings (SSSR count). The molecule has 0 aromatic rings. The highest BCUT2D eigenvalue weighted by Crippen LogP contribution is 2.50. The van der Waals surface area contributed by atoms with Gasteiger partial charge >= 0.3 is 0 Å². The Morgan fingerprint density at radius 3 is 2.08 bits per heavy atom. The zero-order valence-corrected chi connectivity index (χ0v) is 18.4. The van der Waals surface area contributed by atoms with Gasteiger partial charge in [0.15, 0.2) is 5.78 Å². The van der Waals surface area contributed by atoms with Crippen molar-refractivity contribution in [1.82, 2.24) is 0 Å². The van der Waals surface area contributed by atoms with E-state index in [0.717, 1.165) is 12.8 Å². The number of fused-ring (bicyclic) bond motifs is 1. The second-order valence-corrected chi connectivity index (χ2v) is 15.2. The summed E-state index contributed by atoms with van der Waals surface area (Å²) in [7, 11) is -1.93. The molecule has 2 nitrogen and oxygen atoms in total. The molecular formula is C22H36O2Si. The average Bonchev–Trinajstić information content (AvgIpc) is 2.73. The topological polar surface area (TPSA) is 26.3 Å². The lowest BCUT2D eigenvalue weighted by Gasteiger charge is -2.41. The van der Waals surface area contributed by atoms with Crippen molar-refractivity contribution in [1.29, 1.82) is 0 Å². The minimum Gasteiger partial charge on any atom is -0.548 e. The minimum atomic E-state index is -1.93. The molecule has 0 amide bonds. The first kappa shape index (κ1) is 20.5. The molecule has 3 heteroatoms. The average molecular weight is 361 g/mol. The molecule has 0 aliphatic heterocycles. The zero-order chi connectivity index (χ0) is 19.0. The van der Waals surface area contributed by atoms with Crippen LogP contribution in [0.1, 0.15) is 74.7 Å². The van der Waals surface area contributed by atoms with Gasteiger partial charge in [-0.2, -0.15) is 0 Å². The summed E-state index contributed by atoms with van der Waals surface area (Å²) < 4.78 is 6.72. The van der Waals surface area contributed by atoms with Crippen LogP contribution in [0.2, 0.25) is 16.6 Å². The van der Waals surface area contributed by atoms with Crippen molar-refractivity contribution in [2.45, 2.75) is 91.3 Å². The summed E-state index contributed by atoms with van der Waals surface area (Å²) >= 11 is 0. The smallest absolute Gasteiger partial charge is 0.257 e. The number of hydrogen-bond acceptors (Lipinski definition) is 2. The van der Waals surface area contributed by atoms with Gasteiger partial charge in [-0.3, -0.25) is 4.79 Å². The monoisotopic (exact) mass is 360 g/mol. The van der Waals surface area contributed by atoms with Crippen LogP contribution in [0.4, 0.5) is 0 Å². The van der Waals surface area contributed by atoms with Crippen LogP contribution in [0.15, 0.2) is 11.8 Å². The van der Waals surface area contributed by atoms with Gasteiger partial charge in [-0.1, -0.05) is 55.4 Å². The number of carbonyl (C=O) groups is 1. The molecule has 1 fully saturated rings. The summed E-state index contributed by atoms with van der Waals surface area (Å²) in [6.45, 7) is 18.4. The molecule has 2 radical (unpaired) electrons. The Labute approximate surface area is 156 Å². The van der Waals surface area contributed by atoms with Crippen LogP contribution in [0.3, 0.4) is 0 Å². The maximum atomic E-state index is 12.4.